The van der Waals surface area contributed by atoms with Crippen LogP contribution in [-0.4, -0.2) is 29.7 Å². The fraction of sp³-hybridized carbons (Fsp3) is 0.235. The fourth-order valence-electron chi connectivity index (χ4n) is 2.53. The van der Waals surface area contributed by atoms with Gasteiger partial charge in [-0.2, -0.15) is 4.98 Å². The molecule has 0 saturated carbocycles. The molecular weight excluding hydrogens is 320 g/mol. The van der Waals surface area contributed by atoms with Gasteiger partial charge in [-0.3, -0.25) is 0 Å². The van der Waals surface area contributed by atoms with Crippen LogP contribution >= 0.6 is 0 Å². The standard InChI is InChI=1S/C17H16N6O2/c1-3-14-21-17(25-22-14)11(2)23-7-6-18-16(23)12-9-19-15(20-10-12)13-5-4-8-24-13/h4-11H,3H2,1-2H3. The van der Waals surface area contributed by atoms with Crippen LogP contribution in [0.2, 0.25) is 0 Å². The summed E-state index contributed by atoms with van der Waals surface area (Å²) in [6, 6.07) is 3.48. The lowest BCUT2D eigenvalue weighted by Gasteiger charge is -2.12. The molecule has 0 aliphatic carbocycles. The fourth-order valence-corrected chi connectivity index (χ4v) is 2.53. The predicted molar refractivity (Wildman–Crippen MR) is 88.4 cm³/mol. The molecular formula is C17H16N6O2. The molecule has 0 N–H and O–H groups in total. The monoisotopic (exact) mass is 336 g/mol. The maximum Gasteiger partial charge on any atom is 0.249 e. The van der Waals surface area contributed by atoms with Crippen molar-refractivity contribution in [3.63, 3.8) is 0 Å². The highest BCUT2D eigenvalue weighted by Gasteiger charge is 2.19. The second kappa shape index (κ2) is 6.31. The number of imidazole rings is 1. The van der Waals surface area contributed by atoms with E-state index in [0.29, 0.717) is 23.3 Å². The number of aromatic nitrogens is 6. The van der Waals surface area contributed by atoms with Crippen LogP contribution in [0.4, 0.5) is 0 Å². The Bertz CT molecular complexity index is 955. The third-order valence-electron chi connectivity index (χ3n) is 3.89. The highest BCUT2D eigenvalue weighted by molar-refractivity contribution is 5.56. The number of aryl methyl sites for hydroxylation is 1. The van der Waals surface area contributed by atoms with E-state index >= 15 is 0 Å². The Morgan fingerprint density at radius 2 is 2.04 bits per heavy atom. The summed E-state index contributed by atoms with van der Waals surface area (Å²) in [7, 11) is 0. The van der Waals surface area contributed by atoms with Crippen molar-refractivity contribution in [1.29, 1.82) is 0 Å². The van der Waals surface area contributed by atoms with Crippen molar-refractivity contribution in [2.45, 2.75) is 26.3 Å². The molecule has 1 unspecified atom stereocenters. The molecule has 25 heavy (non-hydrogen) atoms. The van der Waals surface area contributed by atoms with Gasteiger partial charge in [-0.15, -0.1) is 0 Å². The van der Waals surface area contributed by atoms with Gasteiger partial charge in [0, 0.05) is 31.2 Å². The molecule has 0 fully saturated rings. The number of hydrogen-bond acceptors (Lipinski definition) is 7. The molecule has 1 atom stereocenters. The van der Waals surface area contributed by atoms with E-state index in [1.165, 1.54) is 0 Å². The lowest BCUT2D eigenvalue weighted by molar-refractivity contribution is 0.343. The smallest absolute Gasteiger partial charge is 0.249 e. The van der Waals surface area contributed by atoms with Gasteiger partial charge in [-0.25, -0.2) is 15.0 Å². The van der Waals surface area contributed by atoms with Gasteiger partial charge in [0.1, 0.15) is 11.9 Å². The summed E-state index contributed by atoms with van der Waals surface area (Å²) in [5, 5.41) is 3.95. The molecule has 8 heteroatoms. The third-order valence-corrected chi connectivity index (χ3v) is 3.89. The van der Waals surface area contributed by atoms with Gasteiger partial charge in [0.25, 0.3) is 0 Å². The molecule has 8 nitrogen and oxygen atoms in total. The van der Waals surface area contributed by atoms with Crippen LogP contribution < -0.4 is 0 Å². The first kappa shape index (κ1) is 15.3. The van der Waals surface area contributed by atoms with Crippen LogP contribution in [0.25, 0.3) is 23.0 Å². The van der Waals surface area contributed by atoms with Crippen molar-refractivity contribution >= 4 is 0 Å². The van der Waals surface area contributed by atoms with Gasteiger partial charge in [0.15, 0.2) is 17.4 Å². The second-order valence-corrected chi connectivity index (χ2v) is 5.51. The minimum atomic E-state index is -0.143. The van der Waals surface area contributed by atoms with Crippen molar-refractivity contribution in [2.24, 2.45) is 0 Å². The molecule has 0 aliphatic rings. The Morgan fingerprint density at radius 1 is 1.20 bits per heavy atom. The van der Waals surface area contributed by atoms with Crippen LogP contribution in [0.3, 0.4) is 0 Å². The van der Waals surface area contributed by atoms with Crippen LogP contribution in [-0.2, 0) is 6.42 Å². The van der Waals surface area contributed by atoms with E-state index in [4.69, 9.17) is 8.94 Å². The Hall–Kier alpha value is -3.29. The van der Waals surface area contributed by atoms with Gasteiger partial charge in [-0.1, -0.05) is 12.1 Å². The first-order chi connectivity index (χ1) is 12.3. The minimum absolute atomic E-state index is 0.143. The average Bonchev–Trinajstić information content (AvgIpc) is 3.42. The Labute approximate surface area is 143 Å². The van der Waals surface area contributed by atoms with Crippen LogP contribution in [0.5, 0.6) is 0 Å². The summed E-state index contributed by atoms with van der Waals surface area (Å²) in [6.07, 6.45) is 9.37. The topological polar surface area (TPSA) is 95.7 Å². The molecule has 0 radical (unpaired) electrons. The highest BCUT2D eigenvalue weighted by Crippen LogP contribution is 2.25. The Kier molecular flexibility index (Phi) is 3.85. The zero-order valence-corrected chi connectivity index (χ0v) is 13.8. The van der Waals surface area contributed by atoms with Crippen molar-refractivity contribution in [3.8, 4) is 23.0 Å². The largest absolute Gasteiger partial charge is 0.461 e. The molecule has 4 rings (SSSR count). The van der Waals surface area contributed by atoms with Crippen LogP contribution in [0.15, 0.2) is 52.1 Å². The van der Waals surface area contributed by atoms with E-state index in [1.807, 2.05) is 30.7 Å². The minimum Gasteiger partial charge on any atom is -0.461 e. The SMILES string of the molecule is CCc1noc(C(C)n2ccnc2-c2cnc(-c3ccco3)nc2)n1. The highest BCUT2D eigenvalue weighted by atomic mass is 16.5. The zero-order chi connectivity index (χ0) is 17.2. The molecule has 0 aromatic carbocycles. The summed E-state index contributed by atoms with van der Waals surface area (Å²) in [4.78, 5) is 17.5. The summed E-state index contributed by atoms with van der Waals surface area (Å²) in [5.41, 5.74) is 0.794. The van der Waals surface area contributed by atoms with E-state index in [1.54, 1.807) is 30.9 Å². The van der Waals surface area contributed by atoms with Crippen LogP contribution in [0.1, 0.15) is 31.6 Å². The van der Waals surface area contributed by atoms with Gasteiger partial charge in [0.2, 0.25) is 5.89 Å². The van der Waals surface area contributed by atoms with Gasteiger partial charge in [0.05, 0.1) is 11.8 Å². The molecule has 4 aromatic heterocycles. The van der Waals surface area contributed by atoms with E-state index in [9.17, 15) is 0 Å². The molecule has 0 spiro atoms. The van der Waals surface area contributed by atoms with Crippen molar-refractivity contribution in [2.75, 3.05) is 0 Å². The van der Waals surface area contributed by atoms with E-state index < -0.39 is 0 Å². The van der Waals surface area contributed by atoms with Gasteiger partial charge < -0.3 is 13.5 Å². The maximum atomic E-state index is 5.35. The number of rotatable bonds is 5. The van der Waals surface area contributed by atoms with Crippen molar-refractivity contribution in [1.82, 2.24) is 29.7 Å². The molecule has 0 aliphatic heterocycles. The zero-order valence-electron chi connectivity index (χ0n) is 13.8. The average molecular weight is 336 g/mol. The normalized spacial score (nSPS) is 12.4. The summed E-state index contributed by atoms with van der Waals surface area (Å²) >= 11 is 0. The summed E-state index contributed by atoms with van der Waals surface area (Å²) in [6.45, 7) is 3.97. The lowest BCUT2D eigenvalue weighted by atomic mass is 10.2. The Balaban J connectivity index is 1.65. The molecule has 126 valence electrons. The van der Waals surface area contributed by atoms with Gasteiger partial charge >= 0.3 is 0 Å². The predicted octanol–water partition coefficient (Wildman–Crippen LogP) is 3.15. The first-order valence-electron chi connectivity index (χ1n) is 7.98. The van der Waals surface area contributed by atoms with E-state index in [0.717, 1.165) is 17.8 Å². The quantitative estimate of drug-likeness (QED) is 0.552. The van der Waals surface area contributed by atoms with Crippen LogP contribution in [0, 0.1) is 0 Å². The molecule has 4 aromatic rings. The molecule has 0 amide bonds. The van der Waals surface area contributed by atoms with E-state index in [-0.39, 0.29) is 6.04 Å². The maximum absolute atomic E-state index is 5.35. The second-order valence-electron chi connectivity index (χ2n) is 5.51. The van der Waals surface area contributed by atoms with Gasteiger partial charge in [-0.05, 0) is 19.1 Å². The molecule has 0 bridgehead atoms. The number of furan rings is 1. The lowest BCUT2D eigenvalue weighted by Crippen LogP contribution is -2.08. The number of nitrogens with zero attached hydrogens (tertiary/aromatic N) is 6. The number of hydrogen-bond donors (Lipinski definition) is 0. The third kappa shape index (κ3) is 2.82. The first-order valence-corrected chi connectivity index (χ1v) is 7.98. The summed E-state index contributed by atoms with van der Waals surface area (Å²) < 4.78 is 12.6. The molecule has 4 heterocycles. The van der Waals surface area contributed by atoms with Crippen molar-refractivity contribution in [3.05, 3.63) is 54.9 Å². The molecule has 0 saturated heterocycles. The Morgan fingerprint density at radius 3 is 2.72 bits per heavy atom. The van der Waals surface area contributed by atoms with Crippen molar-refractivity contribution < 1.29 is 8.94 Å². The summed E-state index contributed by atoms with van der Waals surface area (Å²) in [5.74, 6) is 3.12. The van der Waals surface area contributed by atoms with E-state index in [2.05, 4.69) is 25.1 Å².